The molecule has 1 unspecified atom stereocenters. The average Bonchev–Trinajstić information content (AvgIpc) is 3.57. The van der Waals surface area contributed by atoms with Gasteiger partial charge in [0, 0.05) is 23.2 Å². The first kappa shape index (κ1) is 20.0. The Bertz CT molecular complexity index is 1160. The number of benzene rings is 2. The van der Waals surface area contributed by atoms with Gasteiger partial charge >= 0.3 is 5.69 Å². The second-order valence-electron chi connectivity index (χ2n) is 7.98. The summed E-state index contributed by atoms with van der Waals surface area (Å²) in [6, 6.07) is 15.5. The number of hydrogen-bond acceptors (Lipinski definition) is 4. The molecule has 1 aliphatic carbocycles. The molecule has 0 spiro atoms. The van der Waals surface area contributed by atoms with E-state index in [-0.39, 0.29) is 30.3 Å². The van der Waals surface area contributed by atoms with E-state index in [4.69, 9.17) is 16.3 Å². The van der Waals surface area contributed by atoms with Crippen LogP contribution in [0.15, 0.2) is 53.3 Å². The molecule has 1 aromatic heterocycles. The fraction of sp³-hybridized carbons (Fsp3) is 0.348. The Morgan fingerprint density at radius 2 is 1.94 bits per heavy atom. The number of rotatable bonds is 6. The molecule has 2 aliphatic rings. The third-order valence-electron chi connectivity index (χ3n) is 5.76. The van der Waals surface area contributed by atoms with Crippen molar-refractivity contribution in [2.24, 2.45) is 0 Å². The minimum Gasteiger partial charge on any atom is -0.371 e. The Hall–Kier alpha value is -2.90. The summed E-state index contributed by atoms with van der Waals surface area (Å²) in [5.74, 6) is 0.304. The van der Waals surface area contributed by atoms with Crippen LogP contribution >= 0.6 is 11.6 Å². The van der Waals surface area contributed by atoms with Gasteiger partial charge in [-0.1, -0.05) is 35.9 Å². The molecule has 31 heavy (non-hydrogen) atoms. The van der Waals surface area contributed by atoms with Crippen LogP contribution in [0.3, 0.4) is 0 Å². The normalized spacial score (nSPS) is 17.9. The quantitative estimate of drug-likeness (QED) is 0.641. The first-order valence-electron chi connectivity index (χ1n) is 10.5. The van der Waals surface area contributed by atoms with Crippen molar-refractivity contribution in [2.75, 3.05) is 13.2 Å². The van der Waals surface area contributed by atoms with Gasteiger partial charge in [0.1, 0.15) is 12.6 Å². The Balaban J connectivity index is 1.31. The summed E-state index contributed by atoms with van der Waals surface area (Å²) >= 11 is 5.99. The predicted molar refractivity (Wildman–Crippen MR) is 117 cm³/mol. The van der Waals surface area contributed by atoms with Gasteiger partial charge in [-0.15, -0.1) is 5.10 Å². The number of carbonyl (C=O) groups is 1. The van der Waals surface area contributed by atoms with E-state index in [9.17, 15) is 9.59 Å². The van der Waals surface area contributed by atoms with Crippen LogP contribution in [0.5, 0.6) is 0 Å². The van der Waals surface area contributed by atoms with E-state index < -0.39 is 0 Å². The second kappa shape index (κ2) is 8.32. The first-order chi connectivity index (χ1) is 15.1. The number of fused-ring (bicyclic) bond motifs is 1. The summed E-state index contributed by atoms with van der Waals surface area (Å²) in [6.07, 6.45) is 2.58. The monoisotopic (exact) mass is 438 g/mol. The molecule has 5 rings (SSSR count). The highest BCUT2D eigenvalue weighted by Gasteiger charge is 2.31. The van der Waals surface area contributed by atoms with E-state index in [0.29, 0.717) is 24.0 Å². The van der Waals surface area contributed by atoms with Gasteiger partial charge in [0.05, 0.1) is 6.61 Å². The van der Waals surface area contributed by atoms with Crippen LogP contribution in [0, 0.1) is 0 Å². The number of ether oxygens (including phenoxy) is 1. The van der Waals surface area contributed by atoms with Crippen molar-refractivity contribution in [1.29, 1.82) is 0 Å². The van der Waals surface area contributed by atoms with E-state index in [1.54, 1.807) is 16.7 Å². The van der Waals surface area contributed by atoms with E-state index in [1.807, 2.05) is 30.3 Å². The molecular weight excluding hydrogens is 416 g/mol. The van der Waals surface area contributed by atoms with Crippen LogP contribution in [0.1, 0.15) is 36.1 Å². The van der Waals surface area contributed by atoms with E-state index in [0.717, 1.165) is 30.4 Å². The highest BCUT2D eigenvalue weighted by molar-refractivity contribution is 6.30. The van der Waals surface area contributed by atoms with Crippen molar-refractivity contribution in [3.8, 4) is 11.4 Å². The lowest BCUT2D eigenvalue weighted by molar-refractivity contribution is -0.122. The molecule has 0 saturated heterocycles. The average molecular weight is 439 g/mol. The summed E-state index contributed by atoms with van der Waals surface area (Å²) in [5, 5.41) is 7.99. The number of carbonyl (C=O) groups excluding carboxylic acids is 1. The Labute approximate surface area is 184 Å². The van der Waals surface area contributed by atoms with Gasteiger partial charge in [-0.3, -0.25) is 9.36 Å². The van der Waals surface area contributed by atoms with Crippen LogP contribution in [0.2, 0.25) is 5.02 Å². The van der Waals surface area contributed by atoms with Crippen molar-refractivity contribution in [2.45, 2.75) is 38.0 Å². The van der Waals surface area contributed by atoms with Crippen LogP contribution < -0.4 is 11.0 Å². The molecule has 0 bridgehead atoms. The lowest BCUT2D eigenvalue weighted by Gasteiger charge is -2.26. The Morgan fingerprint density at radius 1 is 1.16 bits per heavy atom. The van der Waals surface area contributed by atoms with Gasteiger partial charge in [0.15, 0.2) is 5.82 Å². The molecule has 7 nitrogen and oxygen atoms in total. The molecular formula is C23H23ClN4O3. The molecule has 8 heteroatoms. The van der Waals surface area contributed by atoms with Gasteiger partial charge in [-0.05, 0) is 54.7 Å². The molecule has 1 aliphatic heterocycles. The minimum atomic E-state index is -0.267. The van der Waals surface area contributed by atoms with Crippen molar-refractivity contribution in [3.05, 3.63) is 75.2 Å². The number of aromatic nitrogens is 3. The third-order valence-corrected chi connectivity index (χ3v) is 6.01. The SMILES string of the molecule is O=C(Cn1nc(-c2ccc(Cl)cc2)n(C2CC2)c1=O)NCC1OCCc2ccccc21. The van der Waals surface area contributed by atoms with Crippen LogP contribution in [-0.4, -0.2) is 33.4 Å². The minimum absolute atomic E-state index is 0.131. The van der Waals surface area contributed by atoms with Crippen molar-refractivity contribution < 1.29 is 9.53 Å². The highest BCUT2D eigenvalue weighted by atomic mass is 35.5. The molecule has 2 aromatic carbocycles. The lowest BCUT2D eigenvalue weighted by Crippen LogP contribution is -2.36. The van der Waals surface area contributed by atoms with Gasteiger partial charge in [0.2, 0.25) is 5.91 Å². The van der Waals surface area contributed by atoms with E-state index >= 15 is 0 Å². The van der Waals surface area contributed by atoms with Crippen molar-refractivity contribution in [3.63, 3.8) is 0 Å². The molecule has 1 saturated carbocycles. The molecule has 1 atom stereocenters. The number of hydrogen-bond donors (Lipinski definition) is 1. The Morgan fingerprint density at radius 3 is 2.71 bits per heavy atom. The summed E-state index contributed by atoms with van der Waals surface area (Å²) in [4.78, 5) is 25.6. The molecule has 1 N–H and O–H groups in total. The largest absolute Gasteiger partial charge is 0.371 e. The Kier molecular flexibility index (Phi) is 5.38. The molecule has 160 valence electrons. The third kappa shape index (κ3) is 4.16. The fourth-order valence-electron chi connectivity index (χ4n) is 4.03. The zero-order valence-corrected chi connectivity index (χ0v) is 17.7. The van der Waals surface area contributed by atoms with Crippen molar-refractivity contribution >= 4 is 17.5 Å². The number of nitrogens with zero attached hydrogens (tertiary/aromatic N) is 3. The van der Waals surface area contributed by atoms with Crippen LogP contribution in [0.25, 0.3) is 11.4 Å². The first-order valence-corrected chi connectivity index (χ1v) is 10.9. The predicted octanol–water partition coefficient (Wildman–Crippen LogP) is 3.13. The molecule has 0 radical (unpaired) electrons. The zero-order valence-electron chi connectivity index (χ0n) is 17.0. The molecule has 3 aromatic rings. The smallest absolute Gasteiger partial charge is 0.346 e. The number of halogens is 1. The molecule has 1 amide bonds. The fourth-order valence-corrected chi connectivity index (χ4v) is 4.15. The maximum Gasteiger partial charge on any atom is 0.346 e. The van der Waals surface area contributed by atoms with Gasteiger partial charge < -0.3 is 10.1 Å². The van der Waals surface area contributed by atoms with E-state index in [2.05, 4.69) is 16.5 Å². The standard InChI is InChI=1S/C23H23ClN4O3/c24-17-7-5-16(6-8-17)22-26-27(23(30)28(22)18-9-10-18)14-21(29)25-13-20-19-4-2-1-3-15(19)11-12-31-20/h1-8,18,20H,9-14H2,(H,25,29). The highest BCUT2D eigenvalue weighted by Crippen LogP contribution is 2.36. The maximum absolute atomic E-state index is 12.9. The van der Waals surface area contributed by atoms with E-state index in [1.165, 1.54) is 10.2 Å². The van der Waals surface area contributed by atoms with Gasteiger partial charge in [-0.2, -0.15) is 0 Å². The lowest BCUT2D eigenvalue weighted by atomic mass is 9.97. The van der Waals surface area contributed by atoms with Crippen LogP contribution in [0.4, 0.5) is 0 Å². The maximum atomic E-state index is 12.9. The number of amides is 1. The van der Waals surface area contributed by atoms with Crippen LogP contribution in [-0.2, 0) is 22.5 Å². The summed E-state index contributed by atoms with van der Waals surface area (Å²) < 4.78 is 8.78. The summed E-state index contributed by atoms with van der Waals surface area (Å²) in [7, 11) is 0. The molecule has 1 fully saturated rings. The topological polar surface area (TPSA) is 78.2 Å². The summed E-state index contributed by atoms with van der Waals surface area (Å²) in [5.41, 5.74) is 2.90. The second-order valence-corrected chi connectivity index (χ2v) is 8.42. The number of nitrogens with one attached hydrogen (secondary N) is 1. The van der Waals surface area contributed by atoms with Gasteiger partial charge in [-0.25, -0.2) is 9.48 Å². The molecule has 2 heterocycles. The van der Waals surface area contributed by atoms with Gasteiger partial charge in [0.25, 0.3) is 0 Å². The zero-order chi connectivity index (χ0) is 21.4. The summed E-state index contributed by atoms with van der Waals surface area (Å²) in [6.45, 7) is 0.860. The van der Waals surface area contributed by atoms with Crippen molar-refractivity contribution in [1.82, 2.24) is 19.7 Å².